The maximum absolute atomic E-state index is 12.6. The zero-order valence-electron chi connectivity index (χ0n) is 18.1. The first kappa shape index (κ1) is 23.6. The van der Waals surface area contributed by atoms with Crippen LogP contribution in [0.4, 0.5) is 24.9 Å². The zero-order valence-corrected chi connectivity index (χ0v) is 18.1. The lowest BCUT2D eigenvalue weighted by Crippen LogP contribution is -2.33. The van der Waals surface area contributed by atoms with Crippen LogP contribution in [-0.4, -0.2) is 47.9 Å². The summed E-state index contributed by atoms with van der Waals surface area (Å²) in [6.45, 7) is 0.736. The monoisotopic (exact) mass is 448 g/mol. The van der Waals surface area contributed by atoms with Gasteiger partial charge in [-0.05, 0) is 51.8 Å². The molecule has 0 bridgehead atoms. The Morgan fingerprint density at radius 3 is 2.53 bits per heavy atom. The minimum atomic E-state index is -4.77. The quantitative estimate of drug-likeness (QED) is 0.619. The molecule has 1 heterocycles. The van der Waals surface area contributed by atoms with E-state index in [2.05, 4.69) is 50.4 Å². The fourth-order valence-electron chi connectivity index (χ4n) is 3.84. The summed E-state index contributed by atoms with van der Waals surface area (Å²) in [6.07, 6.45) is 1.11. The maximum Gasteiger partial charge on any atom is 0.573 e. The smallest absolute Gasteiger partial charge is 0.405 e. The average molecular weight is 448 g/mol. The Hall–Kier alpha value is -3.06. The van der Waals surface area contributed by atoms with E-state index < -0.39 is 6.36 Å². The van der Waals surface area contributed by atoms with Crippen molar-refractivity contribution in [3.05, 3.63) is 41.6 Å². The first-order valence-electron chi connectivity index (χ1n) is 10.5. The van der Waals surface area contributed by atoms with Crippen molar-refractivity contribution < 1.29 is 17.9 Å². The Bertz CT molecular complexity index is 936. The summed E-state index contributed by atoms with van der Waals surface area (Å²) in [5, 5.41) is 15.5. The number of halogens is 3. The molecule has 1 saturated carbocycles. The summed E-state index contributed by atoms with van der Waals surface area (Å²) >= 11 is 0. The standard InChI is InChI=1S/C22H27F3N6O/c1-31(2)18-9-7-15(8-10-18)12-27-20-17(11-26)14-29-21(30-20)28-13-16-5-3-4-6-19(16)32-22(23,24)25/h3-6,14-15,18H,7-10,12-13H2,1-2H3,(H2,27,28,29,30)/t15-,18-. The van der Waals surface area contributed by atoms with E-state index in [0.717, 1.165) is 25.7 Å². The van der Waals surface area contributed by atoms with Gasteiger partial charge in [0.05, 0.1) is 6.20 Å². The van der Waals surface area contributed by atoms with Crippen LogP contribution in [0, 0.1) is 17.2 Å². The van der Waals surface area contributed by atoms with Gasteiger partial charge in [-0.1, -0.05) is 18.2 Å². The summed E-state index contributed by atoms with van der Waals surface area (Å²) in [5.74, 6) is 0.840. The third kappa shape index (κ3) is 6.72. The van der Waals surface area contributed by atoms with E-state index in [1.807, 2.05) is 0 Å². The van der Waals surface area contributed by atoms with Gasteiger partial charge < -0.3 is 20.3 Å². The number of benzene rings is 1. The molecule has 0 unspecified atom stereocenters. The van der Waals surface area contributed by atoms with E-state index in [9.17, 15) is 18.4 Å². The van der Waals surface area contributed by atoms with Gasteiger partial charge in [-0.15, -0.1) is 13.2 Å². The van der Waals surface area contributed by atoms with Crippen molar-refractivity contribution in [1.29, 1.82) is 5.26 Å². The van der Waals surface area contributed by atoms with Crippen molar-refractivity contribution in [2.24, 2.45) is 5.92 Å². The topological polar surface area (TPSA) is 86.1 Å². The highest BCUT2D eigenvalue weighted by atomic mass is 19.4. The summed E-state index contributed by atoms with van der Waals surface area (Å²) in [5.41, 5.74) is 0.628. The zero-order chi connectivity index (χ0) is 23.1. The molecule has 172 valence electrons. The summed E-state index contributed by atoms with van der Waals surface area (Å²) in [7, 11) is 4.21. The number of nitrogens with zero attached hydrogens (tertiary/aromatic N) is 4. The minimum absolute atomic E-state index is 0.0339. The van der Waals surface area contributed by atoms with Crippen molar-refractivity contribution in [3.8, 4) is 11.8 Å². The molecule has 0 atom stereocenters. The second-order valence-electron chi connectivity index (χ2n) is 8.10. The number of anilines is 2. The maximum atomic E-state index is 12.6. The van der Waals surface area contributed by atoms with Crippen LogP contribution in [0.15, 0.2) is 30.5 Å². The Morgan fingerprint density at radius 1 is 1.16 bits per heavy atom. The van der Waals surface area contributed by atoms with E-state index >= 15 is 0 Å². The average Bonchev–Trinajstić information content (AvgIpc) is 2.76. The Kier molecular flexibility index (Phi) is 7.75. The molecule has 3 rings (SSSR count). The van der Waals surface area contributed by atoms with Gasteiger partial charge in [0.2, 0.25) is 5.95 Å². The lowest BCUT2D eigenvalue weighted by Gasteiger charge is -2.32. The number of ether oxygens (including phenoxy) is 1. The molecule has 2 aromatic rings. The number of aromatic nitrogens is 2. The SMILES string of the molecule is CN(C)[C@H]1CC[C@H](CNc2nc(NCc3ccccc3OC(F)(F)F)ncc2C#N)CC1. The molecule has 0 radical (unpaired) electrons. The number of alkyl halides is 3. The normalized spacial score (nSPS) is 18.8. The Morgan fingerprint density at radius 2 is 1.88 bits per heavy atom. The molecule has 0 saturated heterocycles. The molecule has 0 spiro atoms. The molecule has 1 aliphatic carbocycles. The van der Waals surface area contributed by atoms with E-state index in [1.54, 1.807) is 6.07 Å². The van der Waals surface area contributed by atoms with E-state index in [4.69, 9.17) is 0 Å². The fraction of sp³-hybridized carbons (Fsp3) is 0.500. The van der Waals surface area contributed by atoms with Crippen molar-refractivity contribution in [3.63, 3.8) is 0 Å². The predicted molar refractivity (Wildman–Crippen MR) is 115 cm³/mol. The number of hydrogen-bond acceptors (Lipinski definition) is 7. The second kappa shape index (κ2) is 10.5. The molecule has 0 amide bonds. The number of para-hydroxylation sites is 1. The fourth-order valence-corrected chi connectivity index (χ4v) is 3.84. The molecule has 1 fully saturated rings. The highest BCUT2D eigenvalue weighted by Gasteiger charge is 2.32. The van der Waals surface area contributed by atoms with Crippen LogP contribution in [0.5, 0.6) is 5.75 Å². The lowest BCUT2D eigenvalue weighted by atomic mass is 9.85. The van der Waals surface area contributed by atoms with Gasteiger partial charge in [-0.3, -0.25) is 0 Å². The summed E-state index contributed by atoms with van der Waals surface area (Å²) in [6, 6.07) is 8.56. The number of nitriles is 1. The van der Waals surface area contributed by atoms with Gasteiger partial charge in [0, 0.05) is 24.7 Å². The van der Waals surface area contributed by atoms with E-state index in [0.29, 0.717) is 35.4 Å². The molecular weight excluding hydrogens is 421 g/mol. The Labute approximate surface area is 185 Å². The lowest BCUT2D eigenvalue weighted by molar-refractivity contribution is -0.274. The summed E-state index contributed by atoms with van der Waals surface area (Å²) in [4.78, 5) is 10.7. The largest absolute Gasteiger partial charge is 0.573 e. The third-order valence-electron chi connectivity index (χ3n) is 5.65. The number of hydrogen-bond donors (Lipinski definition) is 2. The molecular formula is C22H27F3N6O. The van der Waals surface area contributed by atoms with Gasteiger partial charge in [-0.2, -0.15) is 10.2 Å². The van der Waals surface area contributed by atoms with Crippen molar-refractivity contribution in [2.75, 3.05) is 31.3 Å². The molecule has 1 aromatic heterocycles. The first-order valence-corrected chi connectivity index (χ1v) is 10.5. The predicted octanol–water partition coefficient (Wildman–Crippen LogP) is 4.39. The first-order chi connectivity index (χ1) is 15.2. The highest BCUT2D eigenvalue weighted by molar-refractivity contribution is 5.53. The number of rotatable bonds is 8. The van der Waals surface area contributed by atoms with E-state index in [1.165, 1.54) is 24.4 Å². The third-order valence-corrected chi connectivity index (χ3v) is 5.65. The molecule has 32 heavy (non-hydrogen) atoms. The van der Waals surface area contributed by atoms with Crippen LogP contribution in [0.3, 0.4) is 0 Å². The highest BCUT2D eigenvalue weighted by Crippen LogP contribution is 2.28. The molecule has 2 N–H and O–H groups in total. The second-order valence-corrected chi connectivity index (χ2v) is 8.10. The molecule has 1 aliphatic rings. The summed E-state index contributed by atoms with van der Waals surface area (Å²) < 4.78 is 41.9. The van der Waals surface area contributed by atoms with Crippen LogP contribution in [0.1, 0.15) is 36.8 Å². The van der Waals surface area contributed by atoms with Gasteiger partial charge in [0.1, 0.15) is 23.2 Å². The van der Waals surface area contributed by atoms with Crippen LogP contribution < -0.4 is 15.4 Å². The van der Waals surface area contributed by atoms with Gasteiger partial charge >= 0.3 is 6.36 Å². The van der Waals surface area contributed by atoms with Crippen LogP contribution in [0.25, 0.3) is 0 Å². The van der Waals surface area contributed by atoms with Crippen molar-refractivity contribution in [2.45, 2.75) is 44.6 Å². The van der Waals surface area contributed by atoms with Crippen molar-refractivity contribution in [1.82, 2.24) is 14.9 Å². The van der Waals surface area contributed by atoms with Crippen LogP contribution >= 0.6 is 0 Å². The number of nitrogens with one attached hydrogen (secondary N) is 2. The van der Waals surface area contributed by atoms with Crippen LogP contribution in [-0.2, 0) is 6.54 Å². The molecule has 7 nitrogen and oxygen atoms in total. The Balaban J connectivity index is 1.62. The minimum Gasteiger partial charge on any atom is -0.405 e. The van der Waals surface area contributed by atoms with Gasteiger partial charge in [0.15, 0.2) is 0 Å². The molecule has 1 aromatic carbocycles. The van der Waals surface area contributed by atoms with Gasteiger partial charge in [0.25, 0.3) is 0 Å². The van der Waals surface area contributed by atoms with Gasteiger partial charge in [-0.25, -0.2) is 4.98 Å². The van der Waals surface area contributed by atoms with Crippen molar-refractivity contribution >= 4 is 11.8 Å². The molecule has 0 aliphatic heterocycles. The van der Waals surface area contributed by atoms with Crippen LogP contribution in [0.2, 0.25) is 0 Å². The molecule has 10 heteroatoms. The van der Waals surface area contributed by atoms with E-state index in [-0.39, 0.29) is 18.2 Å².